The Morgan fingerprint density at radius 1 is 1.04 bits per heavy atom. The first kappa shape index (κ1) is 15.8. The molecule has 1 amide bonds. The predicted octanol–water partition coefficient (Wildman–Crippen LogP) is 3.50. The van der Waals surface area contributed by atoms with Gasteiger partial charge in [0.15, 0.2) is 0 Å². The van der Waals surface area contributed by atoms with E-state index >= 15 is 0 Å². The van der Waals surface area contributed by atoms with Crippen LogP contribution in [0.5, 0.6) is 0 Å². The highest BCUT2D eigenvalue weighted by molar-refractivity contribution is 5.77. The quantitative estimate of drug-likeness (QED) is 0.887. The fraction of sp³-hybridized carbons (Fsp3) is 0.350. The lowest BCUT2D eigenvalue weighted by Crippen LogP contribution is -2.32. The van der Waals surface area contributed by atoms with Crippen LogP contribution < -0.4 is 5.32 Å². The largest absolute Gasteiger partial charge is 0.376 e. The molecule has 2 aromatic carbocycles. The van der Waals surface area contributed by atoms with Crippen LogP contribution in [0.15, 0.2) is 60.7 Å². The Hall–Kier alpha value is -2.13. The Balaban J connectivity index is 1.67. The van der Waals surface area contributed by atoms with Gasteiger partial charge in [-0.15, -0.1) is 0 Å². The predicted molar refractivity (Wildman–Crippen MR) is 91.3 cm³/mol. The lowest BCUT2D eigenvalue weighted by atomic mass is 9.88. The van der Waals surface area contributed by atoms with E-state index in [1.165, 1.54) is 11.1 Å². The highest BCUT2D eigenvalue weighted by Gasteiger charge is 2.20. The van der Waals surface area contributed by atoms with Gasteiger partial charge in [0.1, 0.15) is 0 Å². The molecule has 3 heteroatoms. The van der Waals surface area contributed by atoms with Crippen LogP contribution in [-0.2, 0) is 9.53 Å². The second-order valence-corrected chi connectivity index (χ2v) is 6.02. The number of hydrogen-bond acceptors (Lipinski definition) is 2. The summed E-state index contributed by atoms with van der Waals surface area (Å²) < 4.78 is 5.56. The van der Waals surface area contributed by atoms with E-state index < -0.39 is 0 Å². The Morgan fingerprint density at radius 2 is 1.65 bits per heavy atom. The number of hydrogen-bond donors (Lipinski definition) is 1. The number of rotatable bonds is 6. The normalized spacial score (nSPS) is 17.3. The molecule has 1 atom stereocenters. The molecule has 0 spiro atoms. The maximum Gasteiger partial charge on any atom is 0.221 e. The zero-order chi connectivity index (χ0) is 15.9. The molecule has 0 aliphatic carbocycles. The number of amides is 1. The Bertz CT molecular complexity index is 567. The summed E-state index contributed by atoms with van der Waals surface area (Å²) in [6.45, 7) is 1.44. The Morgan fingerprint density at radius 3 is 2.17 bits per heavy atom. The highest BCUT2D eigenvalue weighted by atomic mass is 16.5. The number of ether oxygens (including phenoxy) is 1. The standard InChI is InChI=1S/C20H23NO2/c22-20(21-15-18-12-7-13-23-18)14-19(16-8-3-1-4-9-16)17-10-5-2-6-11-17/h1-6,8-11,18-19H,7,12-15H2,(H,21,22)/t18-/m1/s1. The van der Waals surface area contributed by atoms with Gasteiger partial charge in [-0.2, -0.15) is 0 Å². The molecule has 120 valence electrons. The molecular formula is C20H23NO2. The molecule has 1 saturated heterocycles. The first-order valence-electron chi connectivity index (χ1n) is 8.31. The number of carbonyl (C=O) groups excluding carboxylic acids is 1. The van der Waals surface area contributed by atoms with E-state index in [1.807, 2.05) is 36.4 Å². The maximum absolute atomic E-state index is 12.4. The summed E-state index contributed by atoms with van der Waals surface area (Å²) in [4.78, 5) is 12.4. The van der Waals surface area contributed by atoms with Crippen molar-refractivity contribution in [3.63, 3.8) is 0 Å². The van der Waals surface area contributed by atoms with E-state index in [9.17, 15) is 4.79 Å². The van der Waals surface area contributed by atoms with E-state index in [4.69, 9.17) is 4.74 Å². The van der Waals surface area contributed by atoms with Crippen LogP contribution in [0.25, 0.3) is 0 Å². The average Bonchev–Trinajstić information content (AvgIpc) is 3.13. The molecule has 0 aromatic heterocycles. The van der Waals surface area contributed by atoms with Crippen molar-refractivity contribution in [3.8, 4) is 0 Å². The van der Waals surface area contributed by atoms with Gasteiger partial charge in [-0.3, -0.25) is 4.79 Å². The van der Waals surface area contributed by atoms with Crippen LogP contribution in [0.3, 0.4) is 0 Å². The van der Waals surface area contributed by atoms with E-state index in [0.29, 0.717) is 13.0 Å². The van der Waals surface area contributed by atoms with E-state index in [0.717, 1.165) is 19.4 Å². The zero-order valence-corrected chi connectivity index (χ0v) is 13.3. The molecule has 0 bridgehead atoms. The second kappa shape index (κ2) is 7.93. The Kier molecular flexibility index (Phi) is 5.43. The molecule has 2 aromatic rings. The van der Waals surface area contributed by atoms with Gasteiger partial charge in [-0.25, -0.2) is 0 Å². The van der Waals surface area contributed by atoms with Crippen LogP contribution in [0, 0.1) is 0 Å². The SMILES string of the molecule is O=C(CC(c1ccccc1)c1ccccc1)NC[C@H]1CCCO1. The maximum atomic E-state index is 12.4. The van der Waals surface area contributed by atoms with Gasteiger partial charge >= 0.3 is 0 Å². The van der Waals surface area contributed by atoms with Gasteiger partial charge in [0.25, 0.3) is 0 Å². The van der Waals surface area contributed by atoms with Crippen LogP contribution in [-0.4, -0.2) is 25.2 Å². The second-order valence-electron chi connectivity index (χ2n) is 6.02. The van der Waals surface area contributed by atoms with Gasteiger partial charge in [-0.05, 0) is 24.0 Å². The van der Waals surface area contributed by atoms with Crippen LogP contribution in [0.2, 0.25) is 0 Å². The van der Waals surface area contributed by atoms with Crippen molar-refractivity contribution < 1.29 is 9.53 Å². The number of carbonyl (C=O) groups is 1. The summed E-state index contributed by atoms with van der Waals surface area (Å²) in [5.41, 5.74) is 2.34. The smallest absolute Gasteiger partial charge is 0.221 e. The van der Waals surface area contributed by atoms with Crippen molar-refractivity contribution in [1.29, 1.82) is 0 Å². The summed E-state index contributed by atoms with van der Waals surface area (Å²) in [5.74, 6) is 0.167. The molecule has 1 fully saturated rings. The number of benzene rings is 2. The first-order valence-corrected chi connectivity index (χ1v) is 8.31. The lowest BCUT2D eigenvalue weighted by Gasteiger charge is -2.18. The molecule has 1 aliphatic heterocycles. The van der Waals surface area contributed by atoms with Crippen molar-refractivity contribution >= 4 is 5.91 Å². The zero-order valence-electron chi connectivity index (χ0n) is 13.3. The minimum absolute atomic E-state index is 0.0817. The van der Waals surface area contributed by atoms with Crippen LogP contribution >= 0.6 is 0 Å². The number of nitrogens with one attached hydrogen (secondary N) is 1. The van der Waals surface area contributed by atoms with Crippen molar-refractivity contribution in [2.75, 3.05) is 13.2 Å². The van der Waals surface area contributed by atoms with Crippen LogP contribution in [0.4, 0.5) is 0 Å². The summed E-state index contributed by atoms with van der Waals surface area (Å²) >= 11 is 0. The van der Waals surface area contributed by atoms with Gasteiger partial charge in [-0.1, -0.05) is 60.7 Å². The monoisotopic (exact) mass is 309 g/mol. The molecule has 0 radical (unpaired) electrons. The van der Waals surface area contributed by atoms with E-state index in [-0.39, 0.29) is 17.9 Å². The summed E-state index contributed by atoms with van der Waals surface area (Å²) in [7, 11) is 0. The lowest BCUT2D eigenvalue weighted by molar-refractivity contribution is -0.121. The van der Waals surface area contributed by atoms with Gasteiger partial charge < -0.3 is 10.1 Å². The first-order chi connectivity index (χ1) is 11.3. The highest BCUT2D eigenvalue weighted by Crippen LogP contribution is 2.27. The van der Waals surface area contributed by atoms with Crippen LogP contribution in [0.1, 0.15) is 36.3 Å². The fourth-order valence-corrected chi connectivity index (χ4v) is 3.09. The fourth-order valence-electron chi connectivity index (χ4n) is 3.09. The third-order valence-electron chi connectivity index (χ3n) is 4.34. The molecule has 1 aliphatic rings. The molecule has 1 N–H and O–H groups in total. The van der Waals surface area contributed by atoms with Crippen molar-refractivity contribution in [2.24, 2.45) is 0 Å². The van der Waals surface area contributed by atoms with Gasteiger partial charge in [0.05, 0.1) is 6.10 Å². The third kappa shape index (κ3) is 4.42. The van der Waals surface area contributed by atoms with Gasteiger partial charge in [0.2, 0.25) is 5.91 Å². The topological polar surface area (TPSA) is 38.3 Å². The molecule has 0 unspecified atom stereocenters. The average molecular weight is 309 g/mol. The van der Waals surface area contributed by atoms with Crippen molar-refractivity contribution in [1.82, 2.24) is 5.32 Å². The molecular weight excluding hydrogens is 286 g/mol. The van der Waals surface area contributed by atoms with Gasteiger partial charge in [0, 0.05) is 25.5 Å². The summed E-state index contributed by atoms with van der Waals surface area (Å²) in [6.07, 6.45) is 2.78. The van der Waals surface area contributed by atoms with E-state index in [1.54, 1.807) is 0 Å². The minimum Gasteiger partial charge on any atom is -0.376 e. The Labute approximate surface area is 137 Å². The molecule has 3 nitrogen and oxygen atoms in total. The van der Waals surface area contributed by atoms with E-state index in [2.05, 4.69) is 29.6 Å². The summed E-state index contributed by atoms with van der Waals surface area (Å²) in [5, 5.41) is 3.03. The molecule has 1 heterocycles. The molecule has 23 heavy (non-hydrogen) atoms. The molecule has 3 rings (SSSR count). The minimum atomic E-state index is 0.0817. The van der Waals surface area contributed by atoms with Crippen molar-refractivity contribution in [3.05, 3.63) is 71.8 Å². The summed E-state index contributed by atoms with van der Waals surface area (Å²) in [6, 6.07) is 20.5. The van der Waals surface area contributed by atoms with Crippen molar-refractivity contribution in [2.45, 2.75) is 31.3 Å². The third-order valence-corrected chi connectivity index (χ3v) is 4.34. The molecule has 0 saturated carbocycles.